The van der Waals surface area contributed by atoms with Gasteiger partial charge in [-0.25, -0.2) is 4.39 Å². The van der Waals surface area contributed by atoms with E-state index in [1.54, 1.807) is 19.2 Å². The van der Waals surface area contributed by atoms with E-state index in [0.717, 1.165) is 6.42 Å². The second kappa shape index (κ2) is 4.16. The Balaban J connectivity index is 1.98. The summed E-state index contributed by atoms with van der Waals surface area (Å²) in [7, 11) is 1.60. The number of hydrogen-bond donors (Lipinski definition) is 1. The fourth-order valence-corrected chi connectivity index (χ4v) is 1.77. The van der Waals surface area contributed by atoms with Crippen LogP contribution in [0.15, 0.2) is 24.3 Å². The van der Waals surface area contributed by atoms with Crippen molar-refractivity contribution in [1.29, 1.82) is 0 Å². The first-order valence-electron chi connectivity index (χ1n) is 4.91. The molecular weight excluding hydrogens is 197 g/mol. The summed E-state index contributed by atoms with van der Waals surface area (Å²) < 4.78 is 23.6. The molecule has 2 N–H and O–H groups in total. The Bertz CT molecular complexity index is 345. The van der Waals surface area contributed by atoms with Crippen molar-refractivity contribution >= 4 is 0 Å². The van der Waals surface area contributed by atoms with Crippen LogP contribution in [0.3, 0.4) is 0 Å². The summed E-state index contributed by atoms with van der Waals surface area (Å²) >= 11 is 0. The van der Waals surface area contributed by atoms with Crippen molar-refractivity contribution in [3.8, 4) is 5.75 Å². The number of hydrogen-bond acceptors (Lipinski definition) is 3. The van der Waals surface area contributed by atoms with Gasteiger partial charge in [0.25, 0.3) is 0 Å². The molecule has 82 valence electrons. The first-order chi connectivity index (χ1) is 7.20. The summed E-state index contributed by atoms with van der Waals surface area (Å²) in [5, 5.41) is 0. The van der Waals surface area contributed by atoms with Gasteiger partial charge in [-0.1, -0.05) is 6.07 Å². The van der Waals surface area contributed by atoms with Crippen molar-refractivity contribution < 1.29 is 13.9 Å². The fraction of sp³-hybridized carbons (Fsp3) is 0.455. The summed E-state index contributed by atoms with van der Waals surface area (Å²) in [6.45, 7) is 0. The Labute approximate surface area is 88.0 Å². The Morgan fingerprint density at radius 1 is 1.47 bits per heavy atom. The number of methoxy groups -OCH3 is 1. The van der Waals surface area contributed by atoms with Crippen molar-refractivity contribution in [2.75, 3.05) is 7.11 Å². The molecule has 1 aliphatic rings. The Morgan fingerprint density at radius 2 is 2.27 bits per heavy atom. The molecule has 0 saturated heterocycles. The molecule has 3 unspecified atom stereocenters. The number of benzene rings is 1. The van der Waals surface area contributed by atoms with Crippen LogP contribution >= 0.6 is 0 Å². The third-order valence-electron chi connectivity index (χ3n) is 2.65. The SMILES string of the molecule is COC1C(N)CC1Oc1cccc(F)c1. The Hall–Kier alpha value is -1.13. The van der Waals surface area contributed by atoms with Crippen LogP contribution < -0.4 is 10.5 Å². The minimum Gasteiger partial charge on any atom is -0.487 e. The molecule has 0 heterocycles. The average molecular weight is 211 g/mol. The van der Waals surface area contributed by atoms with Gasteiger partial charge < -0.3 is 15.2 Å². The highest BCUT2D eigenvalue weighted by molar-refractivity contribution is 5.23. The van der Waals surface area contributed by atoms with Crippen molar-refractivity contribution in [1.82, 2.24) is 0 Å². The van der Waals surface area contributed by atoms with Gasteiger partial charge >= 0.3 is 0 Å². The lowest BCUT2D eigenvalue weighted by Crippen LogP contribution is -2.59. The average Bonchev–Trinajstić information content (AvgIpc) is 2.17. The van der Waals surface area contributed by atoms with Crippen LogP contribution in [0.2, 0.25) is 0 Å². The second-order valence-electron chi connectivity index (χ2n) is 3.71. The van der Waals surface area contributed by atoms with Crippen molar-refractivity contribution in [2.24, 2.45) is 5.73 Å². The maximum Gasteiger partial charge on any atom is 0.128 e. The van der Waals surface area contributed by atoms with Crippen LogP contribution in [0.1, 0.15) is 6.42 Å². The van der Waals surface area contributed by atoms with Crippen LogP contribution in [0.25, 0.3) is 0 Å². The van der Waals surface area contributed by atoms with E-state index in [0.29, 0.717) is 5.75 Å². The van der Waals surface area contributed by atoms with Crippen LogP contribution in [0.4, 0.5) is 4.39 Å². The van der Waals surface area contributed by atoms with Gasteiger partial charge in [-0.2, -0.15) is 0 Å². The molecule has 4 heteroatoms. The maximum atomic E-state index is 12.9. The van der Waals surface area contributed by atoms with Gasteiger partial charge in [0.2, 0.25) is 0 Å². The van der Waals surface area contributed by atoms with Gasteiger partial charge in [0.15, 0.2) is 0 Å². The molecule has 1 aliphatic carbocycles. The molecule has 0 amide bonds. The van der Waals surface area contributed by atoms with E-state index in [1.807, 2.05) is 0 Å². The Morgan fingerprint density at radius 3 is 2.87 bits per heavy atom. The normalized spacial score (nSPS) is 29.7. The largest absolute Gasteiger partial charge is 0.487 e. The monoisotopic (exact) mass is 211 g/mol. The molecule has 0 radical (unpaired) electrons. The highest BCUT2D eigenvalue weighted by Crippen LogP contribution is 2.27. The van der Waals surface area contributed by atoms with Gasteiger partial charge in [-0.05, 0) is 12.1 Å². The van der Waals surface area contributed by atoms with Crippen molar-refractivity contribution in [3.05, 3.63) is 30.1 Å². The van der Waals surface area contributed by atoms with Gasteiger partial charge in [0.05, 0.1) is 0 Å². The minimum atomic E-state index is -0.301. The minimum absolute atomic E-state index is 0.0218. The quantitative estimate of drug-likeness (QED) is 0.820. The fourth-order valence-electron chi connectivity index (χ4n) is 1.77. The lowest BCUT2D eigenvalue weighted by molar-refractivity contribution is -0.0783. The molecule has 2 rings (SSSR count). The van der Waals surface area contributed by atoms with Gasteiger partial charge in [-0.3, -0.25) is 0 Å². The molecule has 3 nitrogen and oxygen atoms in total. The summed E-state index contributed by atoms with van der Waals surface area (Å²) in [5.74, 6) is 0.221. The van der Waals surface area contributed by atoms with Crippen LogP contribution in [-0.2, 0) is 4.74 Å². The molecule has 1 aromatic rings. The van der Waals surface area contributed by atoms with Crippen LogP contribution in [0, 0.1) is 5.82 Å². The molecule has 1 aromatic carbocycles. The molecule has 3 atom stereocenters. The highest BCUT2D eigenvalue weighted by Gasteiger charge is 2.40. The number of ether oxygens (including phenoxy) is 2. The van der Waals surface area contributed by atoms with Crippen molar-refractivity contribution in [3.63, 3.8) is 0 Å². The zero-order valence-corrected chi connectivity index (χ0v) is 8.52. The Kier molecular flexibility index (Phi) is 2.88. The summed E-state index contributed by atoms with van der Waals surface area (Å²) in [4.78, 5) is 0. The third kappa shape index (κ3) is 2.11. The highest BCUT2D eigenvalue weighted by atomic mass is 19.1. The topological polar surface area (TPSA) is 44.5 Å². The first-order valence-corrected chi connectivity index (χ1v) is 4.91. The molecule has 0 aliphatic heterocycles. The molecule has 1 fully saturated rings. The van der Waals surface area contributed by atoms with Gasteiger partial charge in [0, 0.05) is 25.6 Å². The summed E-state index contributed by atoms with van der Waals surface area (Å²) in [6, 6.07) is 6.10. The third-order valence-corrected chi connectivity index (χ3v) is 2.65. The van der Waals surface area contributed by atoms with E-state index in [9.17, 15) is 4.39 Å². The number of rotatable bonds is 3. The lowest BCUT2D eigenvalue weighted by atomic mass is 9.86. The first kappa shape index (κ1) is 10.4. The molecule has 0 aromatic heterocycles. The molecule has 0 spiro atoms. The standard InChI is InChI=1S/C11H14FNO2/c1-14-11-9(13)6-10(11)15-8-4-2-3-7(12)5-8/h2-5,9-11H,6,13H2,1H3. The van der Waals surface area contributed by atoms with E-state index < -0.39 is 0 Å². The van der Waals surface area contributed by atoms with Crippen molar-refractivity contribution in [2.45, 2.75) is 24.7 Å². The van der Waals surface area contributed by atoms with E-state index in [4.69, 9.17) is 15.2 Å². The second-order valence-corrected chi connectivity index (χ2v) is 3.71. The molecule has 15 heavy (non-hydrogen) atoms. The molecule has 0 bridgehead atoms. The predicted octanol–water partition coefficient (Wildman–Crippen LogP) is 1.32. The summed E-state index contributed by atoms with van der Waals surface area (Å²) in [6.07, 6.45) is 0.592. The van der Waals surface area contributed by atoms with E-state index in [-0.39, 0.29) is 24.1 Å². The molecular formula is C11H14FNO2. The van der Waals surface area contributed by atoms with Crippen LogP contribution in [0.5, 0.6) is 5.75 Å². The smallest absolute Gasteiger partial charge is 0.128 e. The number of halogens is 1. The predicted molar refractivity (Wildman–Crippen MR) is 54.2 cm³/mol. The zero-order chi connectivity index (χ0) is 10.8. The van der Waals surface area contributed by atoms with Crippen LogP contribution in [-0.4, -0.2) is 25.4 Å². The lowest BCUT2D eigenvalue weighted by Gasteiger charge is -2.40. The van der Waals surface area contributed by atoms with Gasteiger partial charge in [0.1, 0.15) is 23.8 Å². The van der Waals surface area contributed by atoms with E-state index >= 15 is 0 Å². The molecule has 1 saturated carbocycles. The van der Waals surface area contributed by atoms with E-state index in [2.05, 4.69) is 0 Å². The van der Waals surface area contributed by atoms with E-state index in [1.165, 1.54) is 12.1 Å². The summed E-state index contributed by atoms with van der Waals surface area (Å²) in [5.41, 5.74) is 5.73. The number of nitrogens with two attached hydrogens (primary N) is 1. The zero-order valence-electron chi connectivity index (χ0n) is 8.52. The van der Waals surface area contributed by atoms with Gasteiger partial charge in [-0.15, -0.1) is 0 Å². The maximum absolute atomic E-state index is 12.9.